The summed E-state index contributed by atoms with van der Waals surface area (Å²) in [5, 5.41) is 13.8. The topological polar surface area (TPSA) is 112 Å². The maximum atomic E-state index is 13.1. The number of hydrogen-bond donors (Lipinski definition) is 1. The number of carbonyl (C=O) groups excluding carboxylic acids is 1. The van der Waals surface area contributed by atoms with E-state index in [9.17, 15) is 13.2 Å². The van der Waals surface area contributed by atoms with Crippen molar-refractivity contribution in [1.29, 1.82) is 0 Å². The van der Waals surface area contributed by atoms with Crippen molar-refractivity contribution in [3.8, 4) is 11.4 Å². The Balaban J connectivity index is 1.25. The lowest BCUT2D eigenvalue weighted by Gasteiger charge is -2.34. The second kappa shape index (κ2) is 7.86. The molecule has 0 spiro atoms. The zero-order valence-corrected chi connectivity index (χ0v) is 17.7. The summed E-state index contributed by atoms with van der Waals surface area (Å²) in [7, 11) is -3.56. The Hall–Kier alpha value is -3.11. The fourth-order valence-corrected chi connectivity index (χ4v) is 5.69. The Morgan fingerprint density at radius 3 is 2.39 bits per heavy atom. The number of nitrogens with one attached hydrogen (secondary N) is 1. The minimum atomic E-state index is -3.56. The SMILES string of the molecule is O=C(c1ccc(-c2nn[nH]n2)cc1)N1CCN(S(=O)(=O)c2ccc3c(c2)CCC3)CC1. The smallest absolute Gasteiger partial charge is 0.253 e. The number of nitrogens with zero attached hydrogens (tertiary/aromatic N) is 5. The Bertz CT molecular complexity index is 1200. The molecule has 3 aromatic rings. The second-order valence-electron chi connectivity index (χ2n) is 7.79. The number of amides is 1. The van der Waals surface area contributed by atoms with Gasteiger partial charge in [-0.3, -0.25) is 4.79 Å². The first kappa shape index (κ1) is 19.8. The van der Waals surface area contributed by atoms with Crippen molar-refractivity contribution in [2.24, 2.45) is 0 Å². The van der Waals surface area contributed by atoms with Crippen LogP contribution in [0.3, 0.4) is 0 Å². The van der Waals surface area contributed by atoms with E-state index in [0.717, 1.165) is 30.4 Å². The van der Waals surface area contributed by atoms with Gasteiger partial charge < -0.3 is 4.90 Å². The van der Waals surface area contributed by atoms with E-state index in [4.69, 9.17) is 0 Å². The van der Waals surface area contributed by atoms with Gasteiger partial charge >= 0.3 is 0 Å². The number of tetrazole rings is 1. The first-order valence-electron chi connectivity index (χ1n) is 10.3. The lowest BCUT2D eigenvalue weighted by Crippen LogP contribution is -2.50. The van der Waals surface area contributed by atoms with Gasteiger partial charge in [-0.15, -0.1) is 10.2 Å². The van der Waals surface area contributed by atoms with Gasteiger partial charge in [-0.2, -0.15) is 9.52 Å². The number of carbonyl (C=O) groups is 1. The van der Waals surface area contributed by atoms with E-state index in [1.54, 1.807) is 35.2 Å². The number of hydrogen-bond acceptors (Lipinski definition) is 6. The van der Waals surface area contributed by atoms with Crippen LogP contribution in [0.1, 0.15) is 27.9 Å². The minimum absolute atomic E-state index is 0.116. The molecule has 0 radical (unpaired) electrons. The third-order valence-corrected chi connectivity index (χ3v) is 7.86. The van der Waals surface area contributed by atoms with Crippen LogP contribution in [0, 0.1) is 0 Å². The summed E-state index contributed by atoms with van der Waals surface area (Å²) in [5.74, 6) is 0.346. The summed E-state index contributed by atoms with van der Waals surface area (Å²) in [4.78, 5) is 14.9. The van der Waals surface area contributed by atoms with Gasteiger partial charge in [-0.05, 0) is 59.9 Å². The molecule has 31 heavy (non-hydrogen) atoms. The molecular formula is C21H22N6O3S. The first-order chi connectivity index (χ1) is 15.0. The van der Waals surface area contributed by atoms with Crippen LogP contribution in [-0.2, 0) is 22.9 Å². The largest absolute Gasteiger partial charge is 0.336 e. The quantitative estimate of drug-likeness (QED) is 0.661. The lowest BCUT2D eigenvalue weighted by molar-refractivity contribution is 0.0698. The standard InChI is InChI=1S/C21H22N6O3S/c28-21(17-6-4-16(5-7-17)20-22-24-25-23-20)26-10-12-27(13-11-26)31(29,30)19-9-8-15-2-1-3-18(15)14-19/h4-9,14H,1-3,10-13H2,(H,22,23,24,25). The van der Waals surface area contributed by atoms with E-state index in [-0.39, 0.29) is 19.0 Å². The molecule has 160 valence electrons. The number of H-pyrrole nitrogens is 1. The molecule has 10 heteroatoms. The number of piperazine rings is 1. The number of benzene rings is 2. The lowest BCUT2D eigenvalue weighted by atomic mass is 10.1. The Morgan fingerprint density at radius 2 is 1.68 bits per heavy atom. The average Bonchev–Trinajstić information content (AvgIpc) is 3.50. The highest BCUT2D eigenvalue weighted by Crippen LogP contribution is 2.27. The van der Waals surface area contributed by atoms with Gasteiger partial charge in [0.2, 0.25) is 15.8 Å². The van der Waals surface area contributed by atoms with Crippen LogP contribution in [0.25, 0.3) is 11.4 Å². The van der Waals surface area contributed by atoms with E-state index >= 15 is 0 Å². The normalized spacial score (nSPS) is 17.0. The summed E-state index contributed by atoms with van der Waals surface area (Å²) in [6.45, 7) is 1.28. The summed E-state index contributed by atoms with van der Waals surface area (Å²) >= 11 is 0. The summed E-state index contributed by atoms with van der Waals surface area (Å²) < 4.78 is 27.7. The molecule has 0 atom stereocenters. The number of aromatic amines is 1. The van der Waals surface area contributed by atoms with Gasteiger partial charge in [0.25, 0.3) is 5.91 Å². The van der Waals surface area contributed by atoms with Crippen molar-refractivity contribution in [3.05, 3.63) is 59.2 Å². The molecular weight excluding hydrogens is 416 g/mol. The van der Waals surface area contributed by atoms with E-state index in [0.29, 0.717) is 29.4 Å². The molecule has 2 heterocycles. The van der Waals surface area contributed by atoms with E-state index in [1.165, 1.54) is 9.87 Å². The molecule has 1 amide bonds. The average molecular weight is 439 g/mol. The molecule has 2 aliphatic rings. The summed E-state index contributed by atoms with van der Waals surface area (Å²) in [6, 6.07) is 12.5. The predicted molar refractivity (Wildman–Crippen MR) is 113 cm³/mol. The van der Waals surface area contributed by atoms with Crippen LogP contribution in [0.4, 0.5) is 0 Å². The molecule has 5 rings (SSSR count). The first-order valence-corrected chi connectivity index (χ1v) is 11.7. The molecule has 1 fully saturated rings. The highest BCUT2D eigenvalue weighted by Gasteiger charge is 2.31. The molecule has 9 nitrogen and oxygen atoms in total. The summed E-state index contributed by atoms with van der Waals surface area (Å²) in [5.41, 5.74) is 3.69. The number of rotatable bonds is 4. The van der Waals surface area contributed by atoms with Gasteiger partial charge in [0.05, 0.1) is 4.90 Å². The Morgan fingerprint density at radius 1 is 0.935 bits per heavy atom. The molecule has 0 unspecified atom stereocenters. The van der Waals surface area contributed by atoms with Gasteiger partial charge in [-0.25, -0.2) is 8.42 Å². The van der Waals surface area contributed by atoms with Gasteiger partial charge in [0.1, 0.15) is 0 Å². The van der Waals surface area contributed by atoms with Crippen molar-refractivity contribution in [3.63, 3.8) is 0 Å². The van der Waals surface area contributed by atoms with Crippen LogP contribution in [-0.4, -0.2) is 70.3 Å². The molecule has 1 aliphatic heterocycles. The van der Waals surface area contributed by atoms with Gasteiger partial charge in [0, 0.05) is 37.3 Å². The maximum absolute atomic E-state index is 13.1. The summed E-state index contributed by atoms with van der Waals surface area (Å²) in [6.07, 6.45) is 3.04. The zero-order valence-electron chi connectivity index (χ0n) is 16.9. The zero-order chi connectivity index (χ0) is 21.4. The van der Waals surface area contributed by atoms with Crippen LogP contribution < -0.4 is 0 Å². The minimum Gasteiger partial charge on any atom is -0.336 e. The Labute approximate surface area is 180 Å². The highest BCUT2D eigenvalue weighted by molar-refractivity contribution is 7.89. The molecule has 0 bridgehead atoms. The number of aromatic nitrogens is 4. The molecule has 1 saturated heterocycles. The number of aryl methyl sites for hydroxylation is 2. The van der Waals surface area contributed by atoms with E-state index in [2.05, 4.69) is 20.6 Å². The van der Waals surface area contributed by atoms with Crippen molar-refractivity contribution in [2.45, 2.75) is 24.2 Å². The van der Waals surface area contributed by atoms with Gasteiger partial charge in [0.15, 0.2) is 0 Å². The molecule has 0 saturated carbocycles. The monoisotopic (exact) mass is 438 g/mol. The molecule has 1 N–H and O–H groups in total. The maximum Gasteiger partial charge on any atom is 0.253 e. The van der Waals surface area contributed by atoms with Crippen LogP contribution in [0.15, 0.2) is 47.4 Å². The van der Waals surface area contributed by atoms with E-state index < -0.39 is 10.0 Å². The number of fused-ring (bicyclic) bond motifs is 1. The Kier molecular flexibility index (Phi) is 5.03. The van der Waals surface area contributed by atoms with Crippen molar-refractivity contribution in [1.82, 2.24) is 29.8 Å². The van der Waals surface area contributed by atoms with Crippen LogP contribution in [0.5, 0.6) is 0 Å². The molecule has 1 aromatic heterocycles. The third kappa shape index (κ3) is 3.72. The fourth-order valence-electron chi connectivity index (χ4n) is 4.22. The van der Waals surface area contributed by atoms with Gasteiger partial charge in [-0.1, -0.05) is 18.2 Å². The highest BCUT2D eigenvalue weighted by atomic mass is 32.2. The number of sulfonamides is 1. The molecule has 2 aromatic carbocycles. The fraction of sp³-hybridized carbons (Fsp3) is 0.333. The molecule has 1 aliphatic carbocycles. The van der Waals surface area contributed by atoms with Crippen LogP contribution >= 0.6 is 0 Å². The van der Waals surface area contributed by atoms with Crippen molar-refractivity contribution >= 4 is 15.9 Å². The van der Waals surface area contributed by atoms with E-state index in [1.807, 2.05) is 12.1 Å². The predicted octanol–water partition coefficient (Wildman–Crippen LogP) is 1.50. The third-order valence-electron chi connectivity index (χ3n) is 5.97. The van der Waals surface area contributed by atoms with Crippen LogP contribution in [0.2, 0.25) is 0 Å². The van der Waals surface area contributed by atoms with Crippen molar-refractivity contribution in [2.75, 3.05) is 26.2 Å². The van der Waals surface area contributed by atoms with Crippen molar-refractivity contribution < 1.29 is 13.2 Å². The second-order valence-corrected chi connectivity index (χ2v) is 9.73.